The van der Waals surface area contributed by atoms with Gasteiger partial charge in [0.25, 0.3) is 0 Å². The molecule has 0 radical (unpaired) electrons. The van der Waals surface area contributed by atoms with E-state index in [9.17, 15) is 19.8 Å². The number of unbranched alkanes of at least 4 members (excludes halogenated alkanes) is 36. The van der Waals surface area contributed by atoms with Crippen LogP contribution in [-0.4, -0.2) is 47.4 Å². The lowest BCUT2D eigenvalue weighted by molar-refractivity contribution is -0.143. The first-order valence-corrected chi connectivity index (χ1v) is 28.9. The fourth-order valence-electron chi connectivity index (χ4n) is 8.60. The number of hydrogen-bond donors (Lipinski definition) is 3. The predicted molar refractivity (Wildman–Crippen MR) is 287 cm³/mol. The summed E-state index contributed by atoms with van der Waals surface area (Å²) in [6.45, 7) is 4.81. The molecule has 0 aliphatic carbocycles. The van der Waals surface area contributed by atoms with Gasteiger partial charge in [0.2, 0.25) is 5.91 Å². The first kappa shape index (κ1) is 63.8. The number of allylic oxidation sites excluding steroid dienone is 7. The summed E-state index contributed by atoms with van der Waals surface area (Å²) in [6.07, 6.45) is 69.9. The molecule has 0 aromatic carbocycles. The van der Waals surface area contributed by atoms with Crippen molar-refractivity contribution in [3.8, 4) is 0 Å². The van der Waals surface area contributed by atoms with Crippen LogP contribution in [0.5, 0.6) is 0 Å². The number of nitrogens with one attached hydrogen (secondary N) is 1. The van der Waals surface area contributed by atoms with Crippen LogP contribution >= 0.6 is 0 Å². The highest BCUT2D eigenvalue weighted by atomic mass is 16.5. The molecule has 0 heterocycles. The maximum Gasteiger partial charge on any atom is 0.305 e. The van der Waals surface area contributed by atoms with Crippen molar-refractivity contribution in [1.82, 2.24) is 5.32 Å². The van der Waals surface area contributed by atoms with Crippen molar-refractivity contribution >= 4 is 11.9 Å². The Hall–Kier alpha value is -2.18. The number of rotatable bonds is 53. The van der Waals surface area contributed by atoms with E-state index in [2.05, 4.69) is 55.6 Å². The quantitative estimate of drug-likeness (QED) is 0.0321. The summed E-state index contributed by atoms with van der Waals surface area (Å²) < 4.78 is 5.44. The highest BCUT2D eigenvalue weighted by Gasteiger charge is 2.18. The summed E-state index contributed by atoms with van der Waals surface area (Å²) in [5.74, 6) is -0.143. The Morgan fingerprint density at radius 3 is 1.18 bits per heavy atom. The van der Waals surface area contributed by atoms with Gasteiger partial charge in [-0.05, 0) is 89.9 Å². The zero-order chi connectivity index (χ0) is 47.9. The van der Waals surface area contributed by atoms with Gasteiger partial charge in [-0.3, -0.25) is 9.59 Å². The molecule has 2 atom stereocenters. The second-order valence-corrected chi connectivity index (χ2v) is 19.6. The van der Waals surface area contributed by atoms with Crippen molar-refractivity contribution < 1.29 is 24.5 Å². The molecule has 0 saturated carbocycles. The smallest absolute Gasteiger partial charge is 0.305 e. The van der Waals surface area contributed by atoms with Crippen LogP contribution in [0.15, 0.2) is 48.6 Å². The highest BCUT2D eigenvalue weighted by Crippen LogP contribution is 2.16. The molecule has 6 heteroatoms. The largest absolute Gasteiger partial charge is 0.466 e. The molecule has 0 rings (SSSR count). The Morgan fingerprint density at radius 1 is 0.424 bits per heavy atom. The third kappa shape index (κ3) is 51.2. The number of carbonyl (C=O) groups excluding carboxylic acids is 2. The summed E-state index contributed by atoms with van der Waals surface area (Å²) in [6, 6.07) is -0.652. The molecule has 0 aliphatic rings. The molecule has 66 heavy (non-hydrogen) atoms. The van der Waals surface area contributed by atoms with Crippen molar-refractivity contribution in [2.75, 3.05) is 13.2 Å². The molecule has 386 valence electrons. The van der Waals surface area contributed by atoms with E-state index in [0.717, 1.165) is 96.3 Å². The molecule has 0 aromatic heterocycles. The molecular formula is C60H111NO5. The number of esters is 1. The molecule has 6 nitrogen and oxygen atoms in total. The summed E-state index contributed by atoms with van der Waals surface area (Å²) >= 11 is 0. The Morgan fingerprint density at radius 2 is 0.758 bits per heavy atom. The maximum atomic E-state index is 12.5. The van der Waals surface area contributed by atoms with Crippen LogP contribution < -0.4 is 5.32 Å². The van der Waals surface area contributed by atoms with E-state index >= 15 is 0 Å². The minimum absolute atomic E-state index is 0.0465. The maximum absolute atomic E-state index is 12.5. The first-order chi connectivity index (χ1) is 32.5. The highest BCUT2D eigenvalue weighted by molar-refractivity contribution is 5.76. The van der Waals surface area contributed by atoms with Gasteiger partial charge < -0.3 is 20.3 Å². The fourth-order valence-corrected chi connectivity index (χ4v) is 8.60. The van der Waals surface area contributed by atoms with Crippen molar-refractivity contribution in [3.05, 3.63) is 48.6 Å². The predicted octanol–water partition coefficient (Wildman–Crippen LogP) is 17.8. The Bertz CT molecular complexity index is 1110. The van der Waals surface area contributed by atoms with Crippen LogP contribution in [0.3, 0.4) is 0 Å². The summed E-state index contributed by atoms with van der Waals surface area (Å²) in [5, 5.41) is 23.2. The van der Waals surface area contributed by atoms with Gasteiger partial charge in [0.05, 0.1) is 25.4 Å². The van der Waals surface area contributed by atoms with Crippen molar-refractivity contribution in [3.63, 3.8) is 0 Å². The van der Waals surface area contributed by atoms with Crippen LogP contribution in [0.1, 0.15) is 296 Å². The zero-order valence-electron chi connectivity index (χ0n) is 43.9. The van der Waals surface area contributed by atoms with Crippen LogP contribution in [-0.2, 0) is 14.3 Å². The standard InChI is InChI=1S/C60H111NO5/c1-3-5-7-9-11-13-15-17-19-21-22-23-24-25-26-27-29-32-36-40-44-48-52-58(63)57(56-62)61-59(64)53-49-45-41-37-33-31-35-39-43-47-51-55-66-60(65)54-50-46-42-38-34-30-28-20-18-16-14-12-10-8-6-4-2/h14,16,20,28,35,39,48,52,57-58,62-63H,3-13,15,17-19,21-27,29-34,36-38,40-47,49-51,53-56H2,1-2H3,(H,61,64)/b16-14-,28-20-,39-35-,52-48+. The van der Waals surface area contributed by atoms with Gasteiger partial charge in [-0.15, -0.1) is 0 Å². The molecule has 0 aromatic rings. The van der Waals surface area contributed by atoms with Gasteiger partial charge in [-0.2, -0.15) is 0 Å². The monoisotopic (exact) mass is 926 g/mol. The lowest BCUT2D eigenvalue weighted by atomic mass is 10.0. The minimum Gasteiger partial charge on any atom is -0.466 e. The first-order valence-electron chi connectivity index (χ1n) is 28.9. The van der Waals surface area contributed by atoms with Crippen LogP contribution in [0, 0.1) is 0 Å². The molecule has 1 amide bonds. The Balaban J connectivity index is 3.56. The van der Waals surface area contributed by atoms with Gasteiger partial charge in [-0.1, -0.05) is 242 Å². The van der Waals surface area contributed by atoms with E-state index in [4.69, 9.17) is 4.74 Å². The average Bonchev–Trinajstić information content (AvgIpc) is 3.32. The minimum atomic E-state index is -0.865. The molecule has 0 fully saturated rings. The summed E-state index contributed by atoms with van der Waals surface area (Å²) in [5.41, 5.74) is 0. The van der Waals surface area contributed by atoms with Gasteiger partial charge in [0.15, 0.2) is 0 Å². The third-order valence-corrected chi connectivity index (χ3v) is 13.1. The van der Waals surface area contributed by atoms with E-state index in [1.807, 2.05) is 6.08 Å². The van der Waals surface area contributed by atoms with Gasteiger partial charge in [0, 0.05) is 12.8 Å². The number of hydrogen-bond acceptors (Lipinski definition) is 5. The van der Waals surface area contributed by atoms with E-state index in [1.54, 1.807) is 6.08 Å². The lowest BCUT2D eigenvalue weighted by Gasteiger charge is -2.20. The summed E-state index contributed by atoms with van der Waals surface area (Å²) in [4.78, 5) is 24.5. The van der Waals surface area contributed by atoms with E-state index in [1.165, 1.54) is 173 Å². The number of ether oxygens (including phenoxy) is 1. The van der Waals surface area contributed by atoms with E-state index in [0.29, 0.717) is 19.4 Å². The van der Waals surface area contributed by atoms with Crippen molar-refractivity contribution in [1.29, 1.82) is 0 Å². The van der Waals surface area contributed by atoms with Crippen molar-refractivity contribution in [2.24, 2.45) is 0 Å². The number of aliphatic hydroxyl groups is 2. The number of aliphatic hydroxyl groups excluding tert-OH is 2. The normalized spacial score (nSPS) is 13.0. The topological polar surface area (TPSA) is 95.9 Å². The summed E-state index contributed by atoms with van der Waals surface area (Å²) in [7, 11) is 0. The second kappa shape index (κ2) is 55.4. The van der Waals surface area contributed by atoms with Gasteiger partial charge in [0.1, 0.15) is 0 Å². The van der Waals surface area contributed by atoms with Crippen LogP contribution in [0.2, 0.25) is 0 Å². The number of carbonyl (C=O) groups is 2. The molecule has 0 saturated heterocycles. The second-order valence-electron chi connectivity index (χ2n) is 19.6. The van der Waals surface area contributed by atoms with Gasteiger partial charge >= 0.3 is 5.97 Å². The lowest BCUT2D eigenvalue weighted by Crippen LogP contribution is -2.45. The van der Waals surface area contributed by atoms with Gasteiger partial charge in [-0.25, -0.2) is 0 Å². The third-order valence-electron chi connectivity index (χ3n) is 13.1. The average molecular weight is 927 g/mol. The van der Waals surface area contributed by atoms with E-state index < -0.39 is 12.1 Å². The molecule has 0 aliphatic heterocycles. The Labute approximate surface area is 410 Å². The van der Waals surface area contributed by atoms with Crippen molar-refractivity contribution in [2.45, 2.75) is 309 Å². The molecule has 2 unspecified atom stereocenters. The molecular weight excluding hydrogens is 815 g/mol. The molecule has 0 spiro atoms. The molecule has 0 bridgehead atoms. The zero-order valence-corrected chi connectivity index (χ0v) is 43.9. The van der Waals surface area contributed by atoms with Crippen LogP contribution in [0.25, 0.3) is 0 Å². The fraction of sp³-hybridized carbons (Fsp3) is 0.833. The Kier molecular flexibility index (Phi) is 53.6. The van der Waals surface area contributed by atoms with E-state index in [-0.39, 0.29) is 18.5 Å². The van der Waals surface area contributed by atoms with Crippen LogP contribution in [0.4, 0.5) is 0 Å². The molecule has 3 N–H and O–H groups in total. The number of amides is 1. The SMILES string of the molecule is CCCCCC/C=C\C/C=C\CCCCCCCC(=O)OCCCC/C=C\CCCCCCCC(=O)NC(CO)C(O)/C=C/CCCCCCCCCCCCCCCCCCCCCC.